The Morgan fingerprint density at radius 1 is 1.12 bits per heavy atom. The van der Waals surface area contributed by atoms with Crippen molar-refractivity contribution in [2.75, 3.05) is 37.5 Å². The molecule has 0 radical (unpaired) electrons. The van der Waals surface area contributed by atoms with Crippen LogP contribution in [0.1, 0.15) is 41.0 Å². The maximum Gasteiger partial charge on any atom is 0.303 e. The van der Waals surface area contributed by atoms with Crippen molar-refractivity contribution in [1.29, 1.82) is 0 Å². The smallest absolute Gasteiger partial charge is 0.303 e. The number of pyridine rings is 1. The van der Waals surface area contributed by atoms with Gasteiger partial charge in [-0.25, -0.2) is 4.98 Å². The van der Waals surface area contributed by atoms with Crippen LogP contribution in [0.25, 0.3) is 0 Å². The Hall–Kier alpha value is -3.54. The van der Waals surface area contributed by atoms with Crippen LogP contribution in [0.15, 0.2) is 60.8 Å². The summed E-state index contributed by atoms with van der Waals surface area (Å²) in [4.78, 5) is 17.8. The summed E-state index contributed by atoms with van der Waals surface area (Å²) in [5.41, 5.74) is 5.89. The third-order valence-electron chi connectivity index (χ3n) is 6.10. The Bertz CT molecular complexity index is 1110. The van der Waals surface area contributed by atoms with E-state index in [9.17, 15) is 9.90 Å². The molecule has 4 rings (SSSR count). The molecule has 33 heavy (non-hydrogen) atoms. The molecule has 0 saturated heterocycles. The number of nitrogens with zero attached hydrogens (tertiary/aromatic N) is 2. The molecule has 1 aliphatic carbocycles. The lowest BCUT2D eigenvalue weighted by Crippen LogP contribution is -2.11. The number of carboxylic acid groups (broad SMARTS) is 1. The summed E-state index contributed by atoms with van der Waals surface area (Å²) in [6, 6.07) is 18.4. The minimum absolute atomic E-state index is 0.00241. The normalized spacial score (nSPS) is 14.5. The van der Waals surface area contributed by atoms with E-state index in [2.05, 4.69) is 39.5 Å². The van der Waals surface area contributed by atoms with E-state index in [4.69, 9.17) is 4.74 Å². The first-order valence-electron chi connectivity index (χ1n) is 11.4. The molecular weight excluding hydrogens is 414 g/mol. The van der Waals surface area contributed by atoms with Gasteiger partial charge in [-0.3, -0.25) is 4.79 Å². The molecule has 6 heteroatoms. The highest BCUT2D eigenvalue weighted by Crippen LogP contribution is 2.35. The monoisotopic (exact) mass is 445 g/mol. The van der Waals surface area contributed by atoms with Gasteiger partial charge in [-0.15, -0.1) is 0 Å². The molecule has 0 saturated carbocycles. The fourth-order valence-corrected chi connectivity index (χ4v) is 4.40. The van der Waals surface area contributed by atoms with Crippen LogP contribution in [0.4, 0.5) is 11.5 Å². The molecule has 172 valence electrons. The highest BCUT2D eigenvalue weighted by Gasteiger charge is 2.24. The van der Waals surface area contributed by atoms with E-state index in [1.165, 1.54) is 16.7 Å². The predicted molar refractivity (Wildman–Crippen MR) is 132 cm³/mol. The van der Waals surface area contributed by atoms with Gasteiger partial charge < -0.3 is 20.1 Å². The fraction of sp³-hybridized carbons (Fsp3) is 0.333. The molecule has 0 aliphatic heterocycles. The summed E-state index contributed by atoms with van der Waals surface area (Å²) >= 11 is 0. The van der Waals surface area contributed by atoms with Gasteiger partial charge in [0.15, 0.2) is 0 Å². The fourth-order valence-electron chi connectivity index (χ4n) is 4.40. The van der Waals surface area contributed by atoms with Crippen molar-refractivity contribution in [2.45, 2.75) is 31.6 Å². The predicted octanol–water partition coefficient (Wildman–Crippen LogP) is 4.73. The highest BCUT2D eigenvalue weighted by molar-refractivity contribution is 5.68. The van der Waals surface area contributed by atoms with Crippen molar-refractivity contribution in [1.82, 2.24) is 4.98 Å². The summed E-state index contributed by atoms with van der Waals surface area (Å²) in [5.74, 6) is 0.962. The average Bonchev–Trinajstić information content (AvgIpc) is 2.95. The summed E-state index contributed by atoms with van der Waals surface area (Å²) in [6.45, 7) is 1.39. The van der Waals surface area contributed by atoms with Crippen molar-refractivity contribution in [3.8, 4) is 5.75 Å². The zero-order chi connectivity index (χ0) is 23.2. The topological polar surface area (TPSA) is 74.7 Å². The van der Waals surface area contributed by atoms with Crippen LogP contribution in [-0.4, -0.2) is 43.3 Å². The quantitative estimate of drug-likeness (QED) is 0.464. The van der Waals surface area contributed by atoms with Crippen LogP contribution < -0.4 is 15.0 Å². The number of aliphatic carboxylic acids is 1. The highest BCUT2D eigenvalue weighted by atomic mass is 16.5. The van der Waals surface area contributed by atoms with Crippen molar-refractivity contribution < 1.29 is 14.6 Å². The molecule has 2 aromatic carbocycles. The van der Waals surface area contributed by atoms with Gasteiger partial charge in [-0.2, -0.15) is 0 Å². The molecule has 1 atom stereocenters. The molecule has 0 fully saturated rings. The van der Waals surface area contributed by atoms with E-state index < -0.39 is 5.97 Å². The molecule has 1 aliphatic rings. The average molecular weight is 446 g/mol. The number of aromatic nitrogens is 1. The maximum absolute atomic E-state index is 11.4. The van der Waals surface area contributed by atoms with Crippen LogP contribution in [0.3, 0.4) is 0 Å². The Labute approximate surface area is 195 Å². The van der Waals surface area contributed by atoms with E-state index in [-0.39, 0.29) is 12.3 Å². The van der Waals surface area contributed by atoms with Gasteiger partial charge in [0.05, 0.1) is 13.0 Å². The van der Waals surface area contributed by atoms with Gasteiger partial charge in [-0.05, 0) is 65.6 Å². The second-order valence-corrected chi connectivity index (χ2v) is 8.73. The van der Waals surface area contributed by atoms with Crippen molar-refractivity contribution in [3.05, 3.63) is 83.0 Å². The largest absolute Gasteiger partial charge is 0.494 e. The molecule has 1 heterocycles. The number of anilines is 2. The lowest BCUT2D eigenvalue weighted by Gasteiger charge is -2.16. The van der Waals surface area contributed by atoms with Crippen LogP contribution in [0.5, 0.6) is 5.75 Å². The second-order valence-electron chi connectivity index (χ2n) is 8.73. The zero-order valence-electron chi connectivity index (χ0n) is 19.3. The van der Waals surface area contributed by atoms with Crippen LogP contribution >= 0.6 is 0 Å². The number of carboxylic acids is 1. The van der Waals surface area contributed by atoms with Gasteiger partial charge in [-0.1, -0.05) is 30.3 Å². The summed E-state index contributed by atoms with van der Waals surface area (Å²) in [7, 11) is 4.02. The van der Waals surface area contributed by atoms with Gasteiger partial charge >= 0.3 is 5.97 Å². The molecule has 0 unspecified atom stereocenters. The third-order valence-corrected chi connectivity index (χ3v) is 6.10. The van der Waals surface area contributed by atoms with Crippen molar-refractivity contribution >= 4 is 17.5 Å². The van der Waals surface area contributed by atoms with E-state index >= 15 is 0 Å². The number of nitrogens with one attached hydrogen (secondary N) is 1. The lowest BCUT2D eigenvalue weighted by atomic mass is 9.89. The number of hydrogen-bond donors (Lipinski definition) is 2. The Morgan fingerprint density at radius 2 is 1.97 bits per heavy atom. The minimum Gasteiger partial charge on any atom is -0.494 e. The molecular formula is C27H31N3O3. The van der Waals surface area contributed by atoms with Crippen LogP contribution in [0, 0.1) is 0 Å². The molecule has 0 amide bonds. The third kappa shape index (κ3) is 5.83. The Kier molecular flexibility index (Phi) is 7.13. The van der Waals surface area contributed by atoms with Crippen molar-refractivity contribution in [2.24, 2.45) is 0 Å². The van der Waals surface area contributed by atoms with Gasteiger partial charge in [0.1, 0.15) is 11.6 Å². The summed E-state index contributed by atoms with van der Waals surface area (Å²) in [5, 5.41) is 12.7. The van der Waals surface area contributed by atoms with E-state index in [1.807, 2.05) is 50.6 Å². The number of hydrogen-bond acceptors (Lipinski definition) is 5. The van der Waals surface area contributed by atoms with Crippen LogP contribution in [-0.2, 0) is 17.6 Å². The summed E-state index contributed by atoms with van der Waals surface area (Å²) < 4.78 is 6.03. The van der Waals surface area contributed by atoms with Crippen molar-refractivity contribution in [3.63, 3.8) is 0 Å². The molecule has 3 aromatic rings. The number of ether oxygens (including phenoxy) is 1. The first-order valence-corrected chi connectivity index (χ1v) is 11.4. The number of fused-ring (bicyclic) bond motifs is 2. The molecule has 2 N–H and O–H groups in total. The van der Waals surface area contributed by atoms with Gasteiger partial charge in [0.25, 0.3) is 0 Å². The van der Waals surface area contributed by atoms with Gasteiger partial charge in [0.2, 0.25) is 0 Å². The number of benzene rings is 2. The van der Waals surface area contributed by atoms with E-state index in [0.29, 0.717) is 6.61 Å². The standard InChI is InChI=1S/C27H31N3O3/c1-30(2)23-10-12-29-26(18-23)28-11-5-13-33-24-9-8-19-14-22(17-27(31)32)25-7-4-3-6-20(25)15-21(19)16-24/h3-4,6-10,12,16,18,22H,5,11,13-15,17H2,1-2H3,(H,28,29)(H,31,32)/t22-/m0/s1. The minimum atomic E-state index is -0.754. The maximum atomic E-state index is 11.4. The van der Waals surface area contributed by atoms with Gasteiger partial charge in [0, 0.05) is 38.6 Å². The zero-order valence-corrected chi connectivity index (χ0v) is 19.3. The SMILES string of the molecule is CN(C)c1ccnc(NCCCOc2ccc3c(c2)Cc2ccccc2[C@H](CC(=O)O)C3)c1. The molecule has 0 spiro atoms. The first-order chi connectivity index (χ1) is 16.0. The second kappa shape index (κ2) is 10.4. The van der Waals surface area contributed by atoms with E-state index in [1.54, 1.807) is 0 Å². The first kappa shape index (κ1) is 22.6. The Morgan fingerprint density at radius 3 is 2.79 bits per heavy atom. The number of rotatable bonds is 9. The molecule has 6 nitrogen and oxygen atoms in total. The summed E-state index contributed by atoms with van der Waals surface area (Å²) in [6.07, 6.45) is 4.35. The number of carbonyl (C=O) groups is 1. The molecule has 0 bridgehead atoms. The van der Waals surface area contributed by atoms with Crippen LogP contribution in [0.2, 0.25) is 0 Å². The molecule has 1 aromatic heterocycles. The lowest BCUT2D eigenvalue weighted by molar-refractivity contribution is -0.137. The Balaban J connectivity index is 1.36. The van der Waals surface area contributed by atoms with E-state index in [0.717, 1.165) is 48.6 Å².